The molecule has 2 unspecified atom stereocenters. The lowest BCUT2D eigenvalue weighted by Crippen LogP contribution is -2.42. The second-order valence-electron chi connectivity index (χ2n) is 8.92. The minimum absolute atomic E-state index is 0.0149. The average Bonchev–Trinajstić information content (AvgIpc) is 3.49. The van der Waals surface area contributed by atoms with Crippen LogP contribution in [0.2, 0.25) is 0 Å². The van der Waals surface area contributed by atoms with E-state index in [1.807, 2.05) is 0 Å². The summed E-state index contributed by atoms with van der Waals surface area (Å²) in [6.07, 6.45) is 2.94. The number of carbonyl (C=O) groups is 2. The largest absolute Gasteiger partial charge is 0.326 e. The van der Waals surface area contributed by atoms with E-state index in [0.717, 1.165) is 19.3 Å². The van der Waals surface area contributed by atoms with E-state index in [2.05, 4.69) is 29.5 Å². The lowest BCUT2D eigenvalue weighted by atomic mass is 9.94. The molecule has 2 aromatic rings. The summed E-state index contributed by atoms with van der Waals surface area (Å²) in [5.41, 5.74) is 1.10. The first-order chi connectivity index (χ1) is 15.2. The molecule has 2 heterocycles. The van der Waals surface area contributed by atoms with Crippen molar-refractivity contribution in [1.29, 1.82) is 0 Å². The molecule has 0 bridgehead atoms. The quantitative estimate of drug-likeness (QED) is 0.637. The predicted molar refractivity (Wildman–Crippen MR) is 124 cm³/mol. The second-order valence-corrected chi connectivity index (χ2v) is 11.7. The van der Waals surface area contributed by atoms with Crippen molar-refractivity contribution in [2.75, 3.05) is 23.7 Å². The summed E-state index contributed by atoms with van der Waals surface area (Å²) in [4.78, 5) is 28.7. The van der Waals surface area contributed by atoms with Gasteiger partial charge in [-0.1, -0.05) is 13.8 Å². The molecule has 2 aliphatic rings. The smallest absolute Gasteiger partial charge is 0.243 e. The van der Waals surface area contributed by atoms with Crippen molar-refractivity contribution in [2.45, 2.75) is 44.4 Å². The topological polar surface area (TPSA) is 108 Å². The summed E-state index contributed by atoms with van der Waals surface area (Å²) >= 11 is 1.30. The number of thiazole rings is 1. The number of aromatic nitrogens is 1. The van der Waals surface area contributed by atoms with Gasteiger partial charge in [-0.15, -0.1) is 11.3 Å². The first-order valence-corrected chi connectivity index (χ1v) is 13.2. The fraction of sp³-hybridized carbons (Fsp3) is 0.500. The number of anilines is 2. The minimum Gasteiger partial charge on any atom is -0.326 e. The molecule has 2 N–H and O–H groups in total. The highest BCUT2D eigenvalue weighted by Crippen LogP contribution is 2.31. The van der Waals surface area contributed by atoms with Gasteiger partial charge in [0.05, 0.1) is 17.0 Å². The molecule has 1 aliphatic carbocycles. The van der Waals surface area contributed by atoms with Crippen LogP contribution in [0.1, 0.15) is 38.8 Å². The Hall–Kier alpha value is -2.30. The maximum absolute atomic E-state index is 13.0. The first kappa shape index (κ1) is 22.9. The van der Waals surface area contributed by atoms with Gasteiger partial charge < -0.3 is 10.6 Å². The number of hydrogen-bond acceptors (Lipinski definition) is 6. The third kappa shape index (κ3) is 5.54. The maximum Gasteiger partial charge on any atom is 0.243 e. The molecule has 1 saturated heterocycles. The summed E-state index contributed by atoms with van der Waals surface area (Å²) in [6, 6.07) is 6.26. The summed E-state index contributed by atoms with van der Waals surface area (Å²) in [5, 5.41) is 7.80. The van der Waals surface area contributed by atoms with Gasteiger partial charge in [-0.3, -0.25) is 9.59 Å². The van der Waals surface area contributed by atoms with Gasteiger partial charge in [0.1, 0.15) is 0 Å². The zero-order chi connectivity index (χ0) is 22.9. The second kappa shape index (κ2) is 9.29. The number of sulfonamides is 1. The number of piperidine rings is 1. The summed E-state index contributed by atoms with van der Waals surface area (Å²) in [6.45, 7) is 5.20. The Kier molecular flexibility index (Phi) is 6.64. The van der Waals surface area contributed by atoms with E-state index in [1.165, 1.54) is 23.5 Å². The Bertz CT molecular complexity index is 1080. The van der Waals surface area contributed by atoms with Gasteiger partial charge in [0, 0.05) is 30.1 Å². The van der Waals surface area contributed by atoms with Crippen molar-refractivity contribution >= 4 is 44.0 Å². The molecular weight excluding hydrogens is 448 g/mol. The van der Waals surface area contributed by atoms with Crippen molar-refractivity contribution in [1.82, 2.24) is 9.29 Å². The lowest BCUT2D eigenvalue weighted by Gasteiger charge is -2.34. The van der Waals surface area contributed by atoms with Crippen molar-refractivity contribution in [3.05, 3.63) is 35.3 Å². The molecule has 32 heavy (non-hydrogen) atoms. The molecule has 4 rings (SSSR count). The van der Waals surface area contributed by atoms with Gasteiger partial charge in [-0.25, -0.2) is 13.4 Å². The zero-order valence-corrected chi connectivity index (χ0v) is 19.8. The Labute approximate surface area is 192 Å². The molecule has 2 amide bonds. The van der Waals surface area contributed by atoms with E-state index >= 15 is 0 Å². The normalized spacial score (nSPS) is 21.8. The third-order valence-electron chi connectivity index (χ3n) is 5.68. The molecule has 10 heteroatoms. The van der Waals surface area contributed by atoms with Crippen molar-refractivity contribution < 1.29 is 18.0 Å². The van der Waals surface area contributed by atoms with Crippen LogP contribution in [0.3, 0.4) is 0 Å². The molecule has 1 aromatic carbocycles. The van der Waals surface area contributed by atoms with E-state index in [-0.39, 0.29) is 29.0 Å². The van der Waals surface area contributed by atoms with Gasteiger partial charge >= 0.3 is 0 Å². The molecule has 2 fully saturated rings. The first-order valence-electron chi connectivity index (χ1n) is 10.9. The highest BCUT2D eigenvalue weighted by Gasteiger charge is 2.32. The number of nitrogens with one attached hydrogen (secondary N) is 2. The Balaban J connectivity index is 1.33. The SMILES string of the molecule is CC1CC(C)CN(S(=O)(=O)c2ccc(NC(=O)Cc3csc(NC(=O)C4CC4)n3)cc2)C1. The van der Waals surface area contributed by atoms with Gasteiger partial charge in [0.2, 0.25) is 21.8 Å². The Morgan fingerprint density at radius 3 is 2.38 bits per heavy atom. The molecule has 172 valence electrons. The van der Waals surface area contributed by atoms with Crippen molar-refractivity contribution in [2.24, 2.45) is 17.8 Å². The fourth-order valence-corrected chi connectivity index (χ4v) is 6.42. The summed E-state index contributed by atoms with van der Waals surface area (Å²) in [5.74, 6) is 0.489. The predicted octanol–water partition coefficient (Wildman–Crippen LogP) is 3.34. The van der Waals surface area contributed by atoms with E-state index in [9.17, 15) is 18.0 Å². The maximum atomic E-state index is 13.0. The molecule has 8 nitrogen and oxygen atoms in total. The molecule has 1 saturated carbocycles. The Morgan fingerprint density at radius 2 is 1.75 bits per heavy atom. The van der Waals surface area contributed by atoms with Crippen LogP contribution < -0.4 is 10.6 Å². The molecule has 1 aromatic heterocycles. The van der Waals surface area contributed by atoms with Crippen LogP contribution in [0.15, 0.2) is 34.5 Å². The van der Waals surface area contributed by atoms with Crippen molar-refractivity contribution in [3.63, 3.8) is 0 Å². The highest BCUT2D eigenvalue weighted by atomic mass is 32.2. The van der Waals surface area contributed by atoms with Crippen LogP contribution in [-0.2, 0) is 26.0 Å². The van der Waals surface area contributed by atoms with E-state index in [4.69, 9.17) is 0 Å². The highest BCUT2D eigenvalue weighted by molar-refractivity contribution is 7.89. The van der Waals surface area contributed by atoms with E-state index in [1.54, 1.807) is 21.8 Å². The monoisotopic (exact) mass is 476 g/mol. The van der Waals surface area contributed by atoms with E-state index in [0.29, 0.717) is 41.4 Å². The molecule has 0 spiro atoms. The standard InChI is InChI=1S/C22H28N4O4S2/c1-14-9-15(2)12-26(11-14)32(29,30)19-7-5-17(6-8-19)23-20(27)10-18-13-31-22(24-18)25-21(28)16-3-4-16/h5-8,13-16H,3-4,9-12H2,1-2H3,(H,23,27)(H,24,25,28). The number of rotatable bonds is 7. The van der Waals surface area contributed by atoms with Crippen LogP contribution in [0.5, 0.6) is 0 Å². The van der Waals surface area contributed by atoms with Gasteiger partial charge in [-0.05, 0) is 55.4 Å². The fourth-order valence-electron chi connectivity index (χ4n) is 4.03. The Morgan fingerprint density at radius 1 is 1.09 bits per heavy atom. The molecular formula is C22H28N4O4S2. The van der Waals surface area contributed by atoms with Gasteiger partial charge in [-0.2, -0.15) is 4.31 Å². The summed E-state index contributed by atoms with van der Waals surface area (Å²) in [7, 11) is -3.55. The average molecular weight is 477 g/mol. The number of hydrogen-bond donors (Lipinski definition) is 2. The molecule has 1 aliphatic heterocycles. The van der Waals surface area contributed by atoms with Gasteiger partial charge in [0.15, 0.2) is 5.13 Å². The van der Waals surface area contributed by atoms with Crippen LogP contribution >= 0.6 is 11.3 Å². The third-order valence-corrected chi connectivity index (χ3v) is 8.34. The lowest BCUT2D eigenvalue weighted by molar-refractivity contribution is -0.117. The zero-order valence-electron chi connectivity index (χ0n) is 18.2. The van der Waals surface area contributed by atoms with Crippen molar-refractivity contribution in [3.8, 4) is 0 Å². The number of nitrogens with zero attached hydrogens (tertiary/aromatic N) is 2. The minimum atomic E-state index is -3.55. The number of benzene rings is 1. The van der Waals surface area contributed by atoms with Crippen LogP contribution in [-0.4, -0.2) is 42.6 Å². The number of amides is 2. The molecule has 2 atom stereocenters. The summed E-state index contributed by atoms with van der Waals surface area (Å²) < 4.78 is 27.5. The van der Waals surface area contributed by atoms with E-state index < -0.39 is 10.0 Å². The van der Waals surface area contributed by atoms with Gasteiger partial charge in [0.25, 0.3) is 0 Å². The number of carbonyl (C=O) groups excluding carboxylic acids is 2. The van der Waals surface area contributed by atoms with Crippen LogP contribution in [0.25, 0.3) is 0 Å². The van der Waals surface area contributed by atoms with Crippen LogP contribution in [0, 0.1) is 17.8 Å². The van der Waals surface area contributed by atoms with Crippen LogP contribution in [0.4, 0.5) is 10.8 Å². The molecule has 0 radical (unpaired) electrons.